The molecule has 0 amide bonds. The summed E-state index contributed by atoms with van der Waals surface area (Å²) in [5, 5.41) is 0.285. The van der Waals surface area contributed by atoms with Gasteiger partial charge in [-0.1, -0.05) is 11.6 Å². The van der Waals surface area contributed by atoms with Crippen molar-refractivity contribution in [3.63, 3.8) is 0 Å². The third kappa shape index (κ3) is 4.19. The van der Waals surface area contributed by atoms with E-state index in [0.29, 0.717) is 54.3 Å². The molecule has 1 aromatic carbocycles. The van der Waals surface area contributed by atoms with Crippen LogP contribution in [-0.2, 0) is 22.5 Å². The van der Waals surface area contributed by atoms with Crippen molar-refractivity contribution in [1.82, 2.24) is 19.4 Å². The fourth-order valence-corrected chi connectivity index (χ4v) is 5.24. The van der Waals surface area contributed by atoms with Crippen LogP contribution in [-0.4, -0.2) is 32.6 Å². The van der Waals surface area contributed by atoms with Gasteiger partial charge in [-0.25, -0.2) is 14.4 Å². The fourth-order valence-electron chi connectivity index (χ4n) is 5.08. The van der Waals surface area contributed by atoms with E-state index in [1.165, 1.54) is 10.5 Å². The highest BCUT2D eigenvalue weighted by atomic mass is 35.5. The molecule has 2 atom stereocenters. The van der Waals surface area contributed by atoms with Gasteiger partial charge in [0.1, 0.15) is 11.5 Å². The van der Waals surface area contributed by atoms with Gasteiger partial charge in [0.15, 0.2) is 5.65 Å². The van der Waals surface area contributed by atoms with Crippen molar-refractivity contribution < 1.29 is 13.9 Å². The van der Waals surface area contributed by atoms with E-state index in [0.717, 1.165) is 17.7 Å². The summed E-state index contributed by atoms with van der Waals surface area (Å²) in [6.45, 7) is 3.22. The lowest BCUT2D eigenvalue weighted by atomic mass is 9.89. The number of halogens is 2. The summed E-state index contributed by atoms with van der Waals surface area (Å²) in [4.78, 5) is 27.5. The van der Waals surface area contributed by atoms with E-state index in [2.05, 4.69) is 4.98 Å². The van der Waals surface area contributed by atoms with Crippen LogP contribution in [0.15, 0.2) is 47.5 Å². The highest BCUT2D eigenvalue weighted by molar-refractivity contribution is 6.30. The number of benzene rings is 1. The number of aryl methyl sites for hydroxylation is 1. The van der Waals surface area contributed by atoms with E-state index in [9.17, 15) is 4.79 Å². The number of nitrogens with zero attached hydrogens (tertiary/aromatic N) is 4. The van der Waals surface area contributed by atoms with E-state index in [4.69, 9.17) is 31.0 Å². The number of hydrogen-bond donors (Lipinski definition) is 0. The minimum atomic E-state index is -0.519. The van der Waals surface area contributed by atoms with Gasteiger partial charge in [0.2, 0.25) is 0 Å². The van der Waals surface area contributed by atoms with E-state index in [1.807, 2.05) is 19.1 Å². The van der Waals surface area contributed by atoms with Gasteiger partial charge in [0, 0.05) is 53.2 Å². The van der Waals surface area contributed by atoms with Crippen LogP contribution in [0.3, 0.4) is 0 Å². The molecular formula is C27H24ClFN4O3. The standard InChI is InChI=1S/C27H24ClFN4O3/c1-15-10-17(4-7-30-15)24-11-16(5-9-36-24)22-13-33-26(32-23-14-35-8-6-20(23)27(33)34)25(31-22)19-3-2-18(28)12-21(19)29/h2-4,7,10,12-13,16,24H,5-6,8-9,11,14H2,1H3/t16-,24+/m1/s1. The average Bonchev–Trinajstić information content (AvgIpc) is 2.89. The Labute approximate surface area is 211 Å². The zero-order valence-corrected chi connectivity index (χ0v) is 20.5. The van der Waals surface area contributed by atoms with Crippen LogP contribution >= 0.6 is 11.6 Å². The van der Waals surface area contributed by atoms with E-state index in [-0.39, 0.29) is 34.8 Å². The molecule has 0 radical (unpaired) electrons. The summed E-state index contributed by atoms with van der Waals surface area (Å²) < 4.78 is 28.2. The Kier molecular flexibility index (Phi) is 6.03. The maximum absolute atomic E-state index is 15.1. The van der Waals surface area contributed by atoms with Crippen LogP contribution in [0.25, 0.3) is 16.9 Å². The number of hydrogen-bond acceptors (Lipinski definition) is 6. The van der Waals surface area contributed by atoms with Gasteiger partial charge in [-0.2, -0.15) is 0 Å². The highest BCUT2D eigenvalue weighted by Crippen LogP contribution is 2.38. The molecule has 0 saturated carbocycles. The molecule has 1 saturated heterocycles. The first kappa shape index (κ1) is 23.2. The second-order valence-corrected chi connectivity index (χ2v) is 9.72. The van der Waals surface area contributed by atoms with Gasteiger partial charge in [-0.3, -0.25) is 14.2 Å². The Hall–Kier alpha value is -3.20. The lowest BCUT2D eigenvalue weighted by Gasteiger charge is -2.30. The van der Waals surface area contributed by atoms with Crippen molar-refractivity contribution >= 4 is 17.2 Å². The quantitative estimate of drug-likeness (QED) is 0.391. The first-order valence-electron chi connectivity index (χ1n) is 12.0. The van der Waals surface area contributed by atoms with Gasteiger partial charge < -0.3 is 9.47 Å². The lowest BCUT2D eigenvalue weighted by molar-refractivity contribution is 0.00451. The first-order valence-corrected chi connectivity index (χ1v) is 12.4. The van der Waals surface area contributed by atoms with Crippen LogP contribution in [0.4, 0.5) is 4.39 Å². The molecule has 184 valence electrons. The topological polar surface area (TPSA) is 78.6 Å². The average molecular weight is 507 g/mol. The molecule has 4 aromatic rings. The smallest absolute Gasteiger partial charge is 0.261 e. The SMILES string of the molecule is Cc1cc([C@@H]2C[C@H](c3cn4c(=O)c5c(nc4c(-c4ccc(Cl)cc4F)n3)COCC5)CCO2)ccn1. The van der Waals surface area contributed by atoms with Gasteiger partial charge in [-0.05, 0) is 55.7 Å². The normalized spacial score (nSPS) is 19.9. The van der Waals surface area contributed by atoms with Gasteiger partial charge in [0.05, 0.1) is 30.7 Å². The number of fused-ring (bicyclic) bond motifs is 2. The highest BCUT2D eigenvalue weighted by Gasteiger charge is 2.29. The summed E-state index contributed by atoms with van der Waals surface area (Å²) >= 11 is 6.01. The van der Waals surface area contributed by atoms with Crippen molar-refractivity contribution in [3.05, 3.63) is 92.1 Å². The molecule has 36 heavy (non-hydrogen) atoms. The Balaban J connectivity index is 1.51. The molecule has 5 heterocycles. The maximum atomic E-state index is 15.1. The third-order valence-corrected chi connectivity index (χ3v) is 7.16. The molecule has 0 spiro atoms. The van der Waals surface area contributed by atoms with Gasteiger partial charge in [-0.15, -0.1) is 0 Å². The third-order valence-electron chi connectivity index (χ3n) is 6.92. The molecule has 2 aliphatic rings. The van der Waals surface area contributed by atoms with Crippen molar-refractivity contribution in [3.8, 4) is 11.3 Å². The zero-order chi connectivity index (χ0) is 24.8. The molecule has 0 N–H and O–H groups in total. The summed E-state index contributed by atoms with van der Waals surface area (Å²) in [6, 6.07) is 8.43. The fraction of sp³-hybridized carbons (Fsp3) is 0.333. The molecule has 1 fully saturated rings. The van der Waals surface area contributed by atoms with Crippen LogP contribution in [0.5, 0.6) is 0 Å². The molecule has 0 unspecified atom stereocenters. The minimum absolute atomic E-state index is 0.0157. The van der Waals surface area contributed by atoms with E-state index >= 15 is 4.39 Å². The molecule has 6 rings (SSSR count). The number of ether oxygens (including phenoxy) is 2. The predicted octanol–water partition coefficient (Wildman–Crippen LogP) is 4.96. The Morgan fingerprint density at radius 1 is 1.17 bits per heavy atom. The molecule has 0 bridgehead atoms. The molecule has 0 aliphatic carbocycles. The first-order chi connectivity index (χ1) is 17.5. The maximum Gasteiger partial charge on any atom is 0.261 e. The monoisotopic (exact) mass is 506 g/mol. The van der Waals surface area contributed by atoms with E-state index in [1.54, 1.807) is 24.5 Å². The summed E-state index contributed by atoms with van der Waals surface area (Å²) in [7, 11) is 0. The van der Waals surface area contributed by atoms with Gasteiger partial charge in [0.25, 0.3) is 5.56 Å². The van der Waals surface area contributed by atoms with Gasteiger partial charge >= 0.3 is 0 Å². The predicted molar refractivity (Wildman–Crippen MR) is 133 cm³/mol. The van der Waals surface area contributed by atoms with Crippen molar-refractivity contribution in [2.45, 2.75) is 44.8 Å². The Morgan fingerprint density at radius 3 is 2.89 bits per heavy atom. The van der Waals surface area contributed by atoms with Crippen LogP contribution in [0.2, 0.25) is 5.02 Å². The zero-order valence-electron chi connectivity index (χ0n) is 19.7. The lowest BCUT2D eigenvalue weighted by Crippen LogP contribution is -2.28. The van der Waals surface area contributed by atoms with Crippen LogP contribution < -0.4 is 5.56 Å². The van der Waals surface area contributed by atoms with Crippen molar-refractivity contribution in [2.24, 2.45) is 0 Å². The van der Waals surface area contributed by atoms with Crippen molar-refractivity contribution in [1.29, 1.82) is 0 Å². The van der Waals surface area contributed by atoms with Crippen LogP contribution in [0, 0.1) is 12.7 Å². The molecule has 9 heteroatoms. The number of pyridine rings is 1. The number of rotatable bonds is 3. The van der Waals surface area contributed by atoms with E-state index < -0.39 is 5.82 Å². The summed E-state index contributed by atoms with van der Waals surface area (Å²) in [5.74, 6) is -0.503. The van der Waals surface area contributed by atoms with Crippen LogP contribution in [0.1, 0.15) is 53.1 Å². The second-order valence-electron chi connectivity index (χ2n) is 9.29. The van der Waals surface area contributed by atoms with Crippen molar-refractivity contribution in [2.75, 3.05) is 13.2 Å². The number of aromatic nitrogens is 4. The summed E-state index contributed by atoms with van der Waals surface area (Å²) in [5.41, 5.74) is 4.62. The molecular weight excluding hydrogens is 483 g/mol. The Bertz CT molecular complexity index is 1540. The molecule has 3 aromatic heterocycles. The summed E-state index contributed by atoms with van der Waals surface area (Å²) in [6.07, 6.45) is 5.35. The minimum Gasteiger partial charge on any atom is -0.375 e. The molecule has 2 aliphatic heterocycles. The largest absolute Gasteiger partial charge is 0.375 e. The Morgan fingerprint density at radius 2 is 2.06 bits per heavy atom. The second kappa shape index (κ2) is 9.35. The molecule has 7 nitrogen and oxygen atoms in total.